The van der Waals surface area contributed by atoms with Gasteiger partial charge in [0.15, 0.2) is 11.5 Å². The molecule has 1 aliphatic heterocycles. The van der Waals surface area contributed by atoms with Crippen LogP contribution in [0.15, 0.2) is 59.1 Å². The van der Waals surface area contributed by atoms with Crippen LogP contribution >= 0.6 is 0 Å². The largest absolute Gasteiger partial charge is 0.465 e. The van der Waals surface area contributed by atoms with Crippen molar-refractivity contribution in [2.24, 2.45) is 0 Å². The molecule has 0 N–H and O–H groups in total. The van der Waals surface area contributed by atoms with Gasteiger partial charge in [-0.3, -0.25) is 4.79 Å². The van der Waals surface area contributed by atoms with Gasteiger partial charge in [-0.25, -0.2) is 4.79 Å². The Hall–Kier alpha value is -3.41. The monoisotopic (exact) mass is 348 g/mol. The summed E-state index contributed by atoms with van der Waals surface area (Å²) in [6.07, 6.45) is 0.676. The second-order valence-electron chi connectivity index (χ2n) is 5.98. The number of aromatic nitrogens is 1. The van der Waals surface area contributed by atoms with Crippen LogP contribution in [0, 0.1) is 0 Å². The SMILES string of the molecule is COC(=O)c1ccc2c(c1)CCN2C(=O)c1cc(-c2ccccc2)on1. The van der Waals surface area contributed by atoms with Crippen molar-refractivity contribution in [2.45, 2.75) is 6.42 Å². The Morgan fingerprint density at radius 2 is 1.92 bits per heavy atom. The number of hydrogen-bond donors (Lipinski definition) is 0. The van der Waals surface area contributed by atoms with Crippen LogP contribution in [0.3, 0.4) is 0 Å². The van der Waals surface area contributed by atoms with Gasteiger partial charge in [-0.1, -0.05) is 35.5 Å². The third kappa shape index (κ3) is 2.75. The number of carbonyl (C=O) groups is 2. The van der Waals surface area contributed by atoms with Crippen molar-refractivity contribution in [3.05, 3.63) is 71.4 Å². The molecule has 2 heterocycles. The zero-order chi connectivity index (χ0) is 18.1. The molecule has 6 heteroatoms. The van der Waals surface area contributed by atoms with E-state index >= 15 is 0 Å². The number of ether oxygens (including phenoxy) is 1. The molecule has 0 fully saturated rings. The maximum atomic E-state index is 12.8. The Morgan fingerprint density at radius 1 is 1.12 bits per heavy atom. The van der Waals surface area contributed by atoms with Gasteiger partial charge < -0.3 is 14.2 Å². The molecule has 2 aromatic carbocycles. The van der Waals surface area contributed by atoms with Crippen LogP contribution in [0.5, 0.6) is 0 Å². The first-order chi connectivity index (χ1) is 12.7. The second kappa shape index (κ2) is 6.48. The Balaban J connectivity index is 1.60. The highest BCUT2D eigenvalue weighted by Crippen LogP contribution is 2.31. The molecule has 0 saturated carbocycles. The number of esters is 1. The van der Waals surface area contributed by atoms with Gasteiger partial charge in [0.1, 0.15) is 0 Å². The van der Waals surface area contributed by atoms with Crippen LogP contribution in [-0.2, 0) is 11.2 Å². The van der Waals surface area contributed by atoms with Gasteiger partial charge in [-0.2, -0.15) is 0 Å². The normalized spacial score (nSPS) is 12.7. The smallest absolute Gasteiger partial charge is 0.337 e. The van der Waals surface area contributed by atoms with E-state index in [9.17, 15) is 9.59 Å². The van der Waals surface area contributed by atoms with Gasteiger partial charge in [0.25, 0.3) is 5.91 Å². The zero-order valence-electron chi connectivity index (χ0n) is 14.1. The number of methoxy groups -OCH3 is 1. The third-order valence-corrected chi connectivity index (χ3v) is 4.43. The van der Waals surface area contributed by atoms with Gasteiger partial charge in [-0.05, 0) is 30.2 Å². The molecule has 130 valence electrons. The predicted octanol–water partition coefficient (Wildman–Crippen LogP) is 3.33. The van der Waals surface area contributed by atoms with E-state index in [1.807, 2.05) is 30.3 Å². The second-order valence-corrected chi connectivity index (χ2v) is 5.98. The fourth-order valence-corrected chi connectivity index (χ4v) is 3.11. The highest BCUT2D eigenvalue weighted by molar-refractivity contribution is 6.06. The van der Waals surface area contributed by atoms with Crippen LogP contribution in [0.4, 0.5) is 5.69 Å². The molecule has 0 saturated heterocycles. The van der Waals surface area contributed by atoms with E-state index in [4.69, 9.17) is 9.26 Å². The molecule has 0 bridgehead atoms. The van der Waals surface area contributed by atoms with Crippen molar-refractivity contribution in [1.82, 2.24) is 5.16 Å². The molecule has 0 atom stereocenters. The minimum Gasteiger partial charge on any atom is -0.465 e. The molecule has 1 aromatic heterocycles. The fourth-order valence-electron chi connectivity index (χ4n) is 3.11. The standard InChI is InChI=1S/C20H16N2O4/c1-25-20(24)15-7-8-17-14(11-15)9-10-22(17)19(23)16-12-18(26-21-16)13-5-3-2-4-6-13/h2-8,11-12H,9-10H2,1H3. The topological polar surface area (TPSA) is 72.6 Å². The van der Waals surface area contributed by atoms with E-state index in [2.05, 4.69) is 5.16 Å². The average Bonchev–Trinajstić information content (AvgIpc) is 3.34. The third-order valence-electron chi connectivity index (χ3n) is 4.43. The summed E-state index contributed by atoms with van der Waals surface area (Å²) in [6, 6.07) is 16.4. The molecule has 0 aliphatic carbocycles. The van der Waals surface area contributed by atoms with Gasteiger partial charge in [0.05, 0.1) is 12.7 Å². The number of fused-ring (bicyclic) bond motifs is 1. The first kappa shape index (κ1) is 16.1. The molecule has 1 aliphatic rings. The van der Waals surface area contributed by atoms with E-state index < -0.39 is 0 Å². The molecule has 3 aromatic rings. The maximum absolute atomic E-state index is 12.8. The van der Waals surface area contributed by atoms with Crippen molar-refractivity contribution in [3.63, 3.8) is 0 Å². The van der Waals surface area contributed by atoms with Crippen LogP contribution < -0.4 is 4.90 Å². The van der Waals surface area contributed by atoms with Crippen molar-refractivity contribution < 1.29 is 18.8 Å². The molecule has 6 nitrogen and oxygen atoms in total. The molecule has 0 spiro atoms. The molecule has 0 unspecified atom stereocenters. The van der Waals surface area contributed by atoms with E-state index in [1.165, 1.54) is 7.11 Å². The lowest BCUT2D eigenvalue weighted by Crippen LogP contribution is -2.29. The number of amides is 1. The number of anilines is 1. The summed E-state index contributed by atoms with van der Waals surface area (Å²) in [5.41, 5.74) is 3.32. The summed E-state index contributed by atoms with van der Waals surface area (Å²) >= 11 is 0. The van der Waals surface area contributed by atoms with E-state index in [-0.39, 0.29) is 17.6 Å². The first-order valence-electron chi connectivity index (χ1n) is 8.22. The predicted molar refractivity (Wildman–Crippen MR) is 95.1 cm³/mol. The number of benzene rings is 2. The molecular weight excluding hydrogens is 332 g/mol. The molecule has 0 radical (unpaired) electrons. The van der Waals surface area contributed by atoms with E-state index in [1.54, 1.807) is 29.2 Å². The molecule has 1 amide bonds. The molecule has 26 heavy (non-hydrogen) atoms. The quantitative estimate of drug-likeness (QED) is 0.679. The lowest BCUT2D eigenvalue weighted by Gasteiger charge is -2.15. The van der Waals surface area contributed by atoms with Crippen molar-refractivity contribution >= 4 is 17.6 Å². The highest BCUT2D eigenvalue weighted by Gasteiger charge is 2.28. The van der Waals surface area contributed by atoms with E-state index in [0.717, 1.165) is 16.8 Å². The maximum Gasteiger partial charge on any atom is 0.337 e. The van der Waals surface area contributed by atoms with Crippen LogP contribution in [-0.4, -0.2) is 30.7 Å². The zero-order valence-corrected chi connectivity index (χ0v) is 14.1. The van der Waals surface area contributed by atoms with Crippen molar-refractivity contribution in [2.75, 3.05) is 18.6 Å². The Labute approximate surface area is 150 Å². The Morgan fingerprint density at radius 3 is 2.69 bits per heavy atom. The minimum absolute atomic E-state index is 0.222. The minimum atomic E-state index is -0.387. The lowest BCUT2D eigenvalue weighted by molar-refractivity contribution is 0.0600. The van der Waals surface area contributed by atoms with Crippen LogP contribution in [0.2, 0.25) is 0 Å². The van der Waals surface area contributed by atoms with Gasteiger partial charge in [0.2, 0.25) is 0 Å². The number of rotatable bonds is 3. The van der Waals surface area contributed by atoms with Gasteiger partial charge in [0, 0.05) is 23.9 Å². The average molecular weight is 348 g/mol. The Bertz CT molecular complexity index is 978. The number of nitrogens with zero attached hydrogens (tertiary/aromatic N) is 2. The summed E-state index contributed by atoms with van der Waals surface area (Å²) < 4.78 is 10.1. The molecular formula is C20H16N2O4. The fraction of sp³-hybridized carbons (Fsp3) is 0.150. The van der Waals surface area contributed by atoms with Gasteiger partial charge in [-0.15, -0.1) is 0 Å². The van der Waals surface area contributed by atoms with Crippen LogP contribution in [0.1, 0.15) is 26.4 Å². The molecule has 4 rings (SSSR count). The van der Waals surface area contributed by atoms with Gasteiger partial charge >= 0.3 is 5.97 Å². The van der Waals surface area contributed by atoms with Crippen molar-refractivity contribution in [1.29, 1.82) is 0 Å². The Kier molecular flexibility index (Phi) is 4.01. The first-order valence-corrected chi connectivity index (χ1v) is 8.22. The summed E-state index contributed by atoms with van der Waals surface area (Å²) in [5.74, 6) is -0.0588. The summed E-state index contributed by atoms with van der Waals surface area (Å²) in [5, 5.41) is 3.93. The van der Waals surface area contributed by atoms with Crippen LogP contribution in [0.25, 0.3) is 11.3 Å². The summed E-state index contributed by atoms with van der Waals surface area (Å²) in [4.78, 5) is 26.2. The van der Waals surface area contributed by atoms with E-state index in [0.29, 0.717) is 24.3 Å². The van der Waals surface area contributed by atoms with Crippen molar-refractivity contribution in [3.8, 4) is 11.3 Å². The number of carbonyl (C=O) groups excluding carboxylic acids is 2. The summed E-state index contributed by atoms with van der Waals surface area (Å²) in [7, 11) is 1.35. The highest BCUT2D eigenvalue weighted by atomic mass is 16.5. The lowest BCUT2D eigenvalue weighted by atomic mass is 10.1. The number of hydrogen-bond acceptors (Lipinski definition) is 5. The summed E-state index contributed by atoms with van der Waals surface area (Å²) in [6.45, 7) is 0.534.